The largest absolute Gasteiger partial charge is 0.481 e. The Morgan fingerprint density at radius 3 is 2.60 bits per heavy atom. The zero-order chi connectivity index (χ0) is 19.0. The van der Waals surface area contributed by atoms with E-state index in [2.05, 4.69) is 0 Å². The molecule has 0 bridgehead atoms. The molecule has 0 aliphatic rings. The third kappa shape index (κ3) is 6.25. The number of rotatable bonds is 10. The molecule has 0 aliphatic carbocycles. The summed E-state index contributed by atoms with van der Waals surface area (Å²) in [5, 5.41) is 8.70. The Hall–Kier alpha value is -1.73. The number of methoxy groups -OCH3 is 1. The predicted molar refractivity (Wildman–Crippen MR) is 99.5 cm³/mol. The quantitative estimate of drug-likeness (QED) is 0.683. The number of carbonyl (C=O) groups excluding carboxylic acids is 1. The van der Waals surface area contributed by atoms with Crippen LogP contribution >= 0.6 is 0 Å². The van der Waals surface area contributed by atoms with Crippen LogP contribution in [-0.2, 0) is 31.5 Å². The number of para-hydroxylation sites is 1. The molecule has 1 amide bonds. The number of hydrogen-bond donors (Lipinski definition) is 1. The number of amides is 1. The molecule has 7 heteroatoms. The van der Waals surface area contributed by atoms with E-state index in [1.165, 1.54) is 0 Å². The highest BCUT2D eigenvalue weighted by atomic mass is 32.2. The Morgan fingerprint density at radius 1 is 1.36 bits per heavy atom. The average molecular weight is 369 g/mol. The Morgan fingerprint density at radius 2 is 2.04 bits per heavy atom. The SMILES string of the molecule is CCc1cccc(C)c1N(C(=O)CS(=O)CCC(=O)O)[C@@H](C)COC. The van der Waals surface area contributed by atoms with Gasteiger partial charge >= 0.3 is 5.97 Å². The summed E-state index contributed by atoms with van der Waals surface area (Å²) in [6.45, 7) is 6.20. The van der Waals surface area contributed by atoms with Crippen LogP contribution in [0, 0.1) is 6.92 Å². The van der Waals surface area contributed by atoms with E-state index < -0.39 is 16.8 Å². The van der Waals surface area contributed by atoms with E-state index in [1.807, 2.05) is 39.0 Å². The molecule has 0 spiro atoms. The minimum Gasteiger partial charge on any atom is -0.481 e. The number of carboxylic acids is 1. The Balaban J connectivity index is 3.11. The molecule has 0 radical (unpaired) electrons. The first-order chi connectivity index (χ1) is 11.8. The number of anilines is 1. The maximum atomic E-state index is 12.9. The van der Waals surface area contributed by atoms with Crippen molar-refractivity contribution in [2.75, 3.05) is 30.1 Å². The lowest BCUT2D eigenvalue weighted by atomic mass is 10.0. The summed E-state index contributed by atoms with van der Waals surface area (Å²) in [7, 11) is 0.0586. The van der Waals surface area contributed by atoms with Gasteiger partial charge in [-0.05, 0) is 31.4 Å². The van der Waals surface area contributed by atoms with Gasteiger partial charge in [-0.25, -0.2) is 0 Å². The van der Waals surface area contributed by atoms with Gasteiger partial charge in [0.2, 0.25) is 5.91 Å². The van der Waals surface area contributed by atoms with E-state index in [9.17, 15) is 13.8 Å². The first-order valence-electron chi connectivity index (χ1n) is 8.28. The molecule has 0 fully saturated rings. The maximum absolute atomic E-state index is 12.9. The zero-order valence-electron chi connectivity index (χ0n) is 15.3. The van der Waals surface area contributed by atoms with Crippen molar-refractivity contribution in [1.82, 2.24) is 0 Å². The zero-order valence-corrected chi connectivity index (χ0v) is 16.1. The second kappa shape index (κ2) is 10.3. The summed E-state index contributed by atoms with van der Waals surface area (Å²) in [5.74, 6) is -1.52. The normalized spacial score (nSPS) is 13.3. The second-order valence-electron chi connectivity index (χ2n) is 5.94. The van der Waals surface area contributed by atoms with Crippen molar-refractivity contribution in [3.63, 3.8) is 0 Å². The number of carbonyl (C=O) groups is 2. The average Bonchev–Trinajstić information content (AvgIpc) is 2.54. The van der Waals surface area contributed by atoms with Gasteiger partial charge in [0.1, 0.15) is 5.75 Å². The van der Waals surface area contributed by atoms with Gasteiger partial charge in [-0.2, -0.15) is 0 Å². The molecule has 25 heavy (non-hydrogen) atoms. The van der Waals surface area contributed by atoms with Crippen LogP contribution in [0.25, 0.3) is 0 Å². The van der Waals surface area contributed by atoms with Gasteiger partial charge in [-0.15, -0.1) is 0 Å². The lowest BCUT2D eigenvalue weighted by molar-refractivity contribution is -0.136. The van der Waals surface area contributed by atoms with E-state index in [0.717, 1.165) is 23.2 Å². The minimum atomic E-state index is -1.51. The highest BCUT2D eigenvalue weighted by molar-refractivity contribution is 7.85. The lowest BCUT2D eigenvalue weighted by Crippen LogP contribution is -2.44. The van der Waals surface area contributed by atoms with E-state index in [0.29, 0.717) is 6.61 Å². The number of ether oxygens (including phenoxy) is 1. The number of nitrogens with zero attached hydrogens (tertiary/aromatic N) is 1. The number of carboxylic acid groups (broad SMARTS) is 1. The van der Waals surface area contributed by atoms with Gasteiger partial charge in [-0.1, -0.05) is 25.1 Å². The first-order valence-corrected chi connectivity index (χ1v) is 9.76. The highest BCUT2D eigenvalue weighted by Crippen LogP contribution is 2.28. The molecule has 1 rings (SSSR count). The fourth-order valence-corrected chi connectivity index (χ4v) is 3.70. The van der Waals surface area contributed by atoms with Crippen molar-refractivity contribution >= 4 is 28.4 Å². The van der Waals surface area contributed by atoms with E-state index in [4.69, 9.17) is 9.84 Å². The molecular weight excluding hydrogens is 342 g/mol. The standard InChI is InChI=1S/C18H27NO5S/c1-5-15-8-6-7-13(2)18(15)19(14(3)11-24-4)16(20)12-25(23)10-9-17(21)22/h6-8,14H,5,9-12H2,1-4H3,(H,21,22)/t14-,25?/m0/s1. The monoisotopic (exact) mass is 369 g/mol. The molecule has 0 aromatic heterocycles. The molecule has 6 nitrogen and oxygen atoms in total. The van der Waals surface area contributed by atoms with E-state index in [-0.39, 0.29) is 29.9 Å². The van der Waals surface area contributed by atoms with Crippen LogP contribution in [0.5, 0.6) is 0 Å². The fourth-order valence-electron chi connectivity index (χ4n) is 2.74. The van der Waals surface area contributed by atoms with Crippen LogP contribution in [0.3, 0.4) is 0 Å². The van der Waals surface area contributed by atoms with Crippen LogP contribution in [0.4, 0.5) is 5.69 Å². The van der Waals surface area contributed by atoms with Crippen LogP contribution in [-0.4, -0.2) is 52.5 Å². The van der Waals surface area contributed by atoms with E-state index in [1.54, 1.807) is 12.0 Å². The Labute approximate surface area is 151 Å². The second-order valence-corrected chi connectivity index (χ2v) is 7.51. The molecule has 1 aromatic carbocycles. The van der Waals surface area contributed by atoms with Crippen molar-refractivity contribution < 1.29 is 23.6 Å². The molecule has 1 aromatic rings. The summed E-state index contributed by atoms with van der Waals surface area (Å²) < 4.78 is 17.3. The molecule has 1 unspecified atom stereocenters. The minimum absolute atomic E-state index is 0.0258. The summed E-state index contributed by atoms with van der Waals surface area (Å²) >= 11 is 0. The third-order valence-corrected chi connectivity index (χ3v) is 5.12. The van der Waals surface area contributed by atoms with Crippen LogP contribution < -0.4 is 4.90 Å². The van der Waals surface area contributed by atoms with Crippen molar-refractivity contribution in [3.05, 3.63) is 29.3 Å². The van der Waals surface area contributed by atoms with Crippen LogP contribution in [0.2, 0.25) is 0 Å². The molecule has 0 saturated heterocycles. The van der Waals surface area contributed by atoms with Gasteiger partial charge in [0.15, 0.2) is 0 Å². The third-order valence-electron chi connectivity index (χ3n) is 3.89. The predicted octanol–water partition coefficient (Wildman–Crippen LogP) is 2.15. The Bertz CT molecular complexity index is 632. The lowest BCUT2D eigenvalue weighted by Gasteiger charge is -2.32. The van der Waals surface area contributed by atoms with Gasteiger partial charge in [0.05, 0.1) is 24.8 Å². The van der Waals surface area contributed by atoms with Crippen molar-refractivity contribution in [3.8, 4) is 0 Å². The van der Waals surface area contributed by atoms with Crippen molar-refractivity contribution in [1.29, 1.82) is 0 Å². The summed E-state index contributed by atoms with van der Waals surface area (Å²) in [5.41, 5.74) is 2.83. The topological polar surface area (TPSA) is 83.9 Å². The van der Waals surface area contributed by atoms with Gasteiger partial charge < -0.3 is 14.7 Å². The molecule has 0 saturated carbocycles. The number of hydrogen-bond acceptors (Lipinski definition) is 4. The van der Waals surface area contributed by atoms with Gasteiger partial charge in [0.25, 0.3) is 0 Å². The maximum Gasteiger partial charge on any atom is 0.304 e. The van der Waals surface area contributed by atoms with Crippen molar-refractivity contribution in [2.45, 2.75) is 39.7 Å². The molecule has 0 aliphatic heterocycles. The first kappa shape index (κ1) is 21.3. The fraction of sp³-hybridized carbons (Fsp3) is 0.556. The van der Waals surface area contributed by atoms with Gasteiger partial charge in [0, 0.05) is 23.7 Å². The summed E-state index contributed by atoms with van der Waals surface area (Å²) in [4.78, 5) is 25.1. The molecule has 140 valence electrons. The van der Waals surface area contributed by atoms with Crippen LogP contribution in [0.15, 0.2) is 18.2 Å². The molecule has 2 atom stereocenters. The Kier molecular flexibility index (Phi) is 8.78. The molecular formula is C18H27NO5S. The number of aryl methyl sites for hydroxylation is 2. The number of aliphatic carboxylic acids is 1. The van der Waals surface area contributed by atoms with Crippen molar-refractivity contribution in [2.24, 2.45) is 0 Å². The van der Waals surface area contributed by atoms with Crippen LogP contribution in [0.1, 0.15) is 31.4 Å². The van der Waals surface area contributed by atoms with Gasteiger partial charge in [-0.3, -0.25) is 13.8 Å². The summed E-state index contributed by atoms with van der Waals surface area (Å²) in [6, 6.07) is 5.64. The smallest absolute Gasteiger partial charge is 0.304 e. The number of benzene rings is 1. The molecule has 1 N–H and O–H groups in total. The van der Waals surface area contributed by atoms with E-state index >= 15 is 0 Å². The highest BCUT2D eigenvalue weighted by Gasteiger charge is 2.26. The molecule has 0 heterocycles. The summed E-state index contributed by atoms with van der Waals surface area (Å²) in [6.07, 6.45) is 0.556.